The number of hydrogen-bond acceptors (Lipinski definition) is 5. The lowest BCUT2D eigenvalue weighted by atomic mass is 10.0. The first kappa shape index (κ1) is 24.0. The molecule has 0 saturated heterocycles. The van der Waals surface area contributed by atoms with E-state index in [0.717, 1.165) is 23.5 Å². The lowest BCUT2D eigenvalue weighted by Crippen LogP contribution is -2.33. The number of aryl methyl sites for hydroxylation is 1. The molecule has 32 heavy (non-hydrogen) atoms. The number of thiazole rings is 1. The van der Waals surface area contributed by atoms with Gasteiger partial charge in [-0.05, 0) is 24.6 Å². The van der Waals surface area contributed by atoms with Crippen LogP contribution in [0, 0.1) is 6.92 Å². The first-order valence-corrected chi connectivity index (χ1v) is 11.6. The molecular weight excluding hydrogens is 489 g/mol. The number of carbonyl (C=O) groups excluding carboxylic acids is 1. The number of rotatable bonds is 6. The second kappa shape index (κ2) is 9.45. The fourth-order valence-corrected chi connectivity index (χ4v) is 4.60. The van der Waals surface area contributed by atoms with Crippen LogP contribution in [0.3, 0.4) is 0 Å². The molecule has 0 saturated carbocycles. The maximum absolute atomic E-state index is 12.5. The van der Waals surface area contributed by atoms with E-state index in [9.17, 15) is 26.4 Å². The van der Waals surface area contributed by atoms with Crippen LogP contribution in [0.1, 0.15) is 5.69 Å². The average molecular weight is 505 g/mol. The van der Waals surface area contributed by atoms with E-state index in [-0.39, 0.29) is 10.8 Å². The van der Waals surface area contributed by atoms with Gasteiger partial charge in [0.25, 0.3) is 0 Å². The summed E-state index contributed by atoms with van der Waals surface area (Å²) >= 11 is 6.98. The number of aromatic nitrogens is 1. The van der Waals surface area contributed by atoms with Crippen LogP contribution in [0.15, 0.2) is 53.4 Å². The number of benzene rings is 2. The molecule has 0 fully saturated rings. The fourth-order valence-electron chi connectivity index (χ4n) is 2.61. The van der Waals surface area contributed by atoms with Crippen LogP contribution >= 0.6 is 22.9 Å². The number of urea groups is 1. The standard InChI is InChI=1S/C19H16ClF3N4O3S2/c1-11-16(20)31-18(25-11)27-17(28)26-15-9-13(32(29,30)24-10-19(21,22)23)7-8-14(15)12-5-3-2-4-6-12/h2-9,24H,10H2,1H3,(H2,25,26,27,28). The maximum atomic E-state index is 12.5. The minimum absolute atomic E-state index is 0.0722. The Labute approximate surface area is 190 Å². The molecule has 3 N–H and O–H groups in total. The van der Waals surface area contributed by atoms with Gasteiger partial charge in [0.2, 0.25) is 10.0 Å². The van der Waals surface area contributed by atoms with Crippen molar-refractivity contribution in [2.45, 2.75) is 18.0 Å². The van der Waals surface area contributed by atoms with Gasteiger partial charge in [0.05, 0.1) is 16.3 Å². The largest absolute Gasteiger partial charge is 0.402 e. The number of alkyl halides is 3. The number of sulfonamides is 1. The second-order valence-corrected chi connectivity index (χ2v) is 9.84. The van der Waals surface area contributed by atoms with Gasteiger partial charge in [-0.15, -0.1) is 0 Å². The summed E-state index contributed by atoms with van der Waals surface area (Å²) < 4.78 is 64.0. The van der Waals surface area contributed by atoms with Crippen LogP contribution in [-0.2, 0) is 10.0 Å². The monoisotopic (exact) mass is 504 g/mol. The lowest BCUT2D eigenvalue weighted by molar-refractivity contribution is -0.121. The molecule has 0 radical (unpaired) electrons. The van der Waals surface area contributed by atoms with E-state index in [1.54, 1.807) is 37.3 Å². The summed E-state index contributed by atoms with van der Waals surface area (Å²) in [6.07, 6.45) is -4.72. The quantitative estimate of drug-likeness (QED) is 0.426. The zero-order valence-corrected chi connectivity index (χ0v) is 18.7. The Morgan fingerprint density at radius 1 is 1.12 bits per heavy atom. The Morgan fingerprint density at radius 3 is 2.41 bits per heavy atom. The fraction of sp³-hybridized carbons (Fsp3) is 0.158. The van der Waals surface area contributed by atoms with Gasteiger partial charge < -0.3 is 5.32 Å². The molecule has 0 bridgehead atoms. The Hall–Kier alpha value is -2.67. The van der Waals surface area contributed by atoms with Crippen molar-refractivity contribution in [2.75, 3.05) is 17.2 Å². The molecule has 7 nitrogen and oxygen atoms in total. The van der Waals surface area contributed by atoms with E-state index in [4.69, 9.17) is 11.6 Å². The summed E-state index contributed by atoms with van der Waals surface area (Å²) in [6, 6.07) is 11.6. The van der Waals surface area contributed by atoms with Crippen molar-refractivity contribution >= 4 is 49.8 Å². The highest BCUT2D eigenvalue weighted by Crippen LogP contribution is 2.31. The predicted octanol–water partition coefficient (Wildman–Crippen LogP) is 5.26. The van der Waals surface area contributed by atoms with Gasteiger partial charge in [0.1, 0.15) is 10.9 Å². The van der Waals surface area contributed by atoms with E-state index in [1.165, 1.54) is 10.8 Å². The lowest BCUT2D eigenvalue weighted by Gasteiger charge is -2.15. The Morgan fingerprint density at radius 2 is 1.81 bits per heavy atom. The van der Waals surface area contributed by atoms with Gasteiger partial charge in [-0.3, -0.25) is 5.32 Å². The van der Waals surface area contributed by atoms with Gasteiger partial charge in [-0.2, -0.15) is 13.2 Å². The van der Waals surface area contributed by atoms with Crippen molar-refractivity contribution in [1.82, 2.24) is 9.71 Å². The molecule has 0 aliphatic carbocycles. The number of amides is 2. The van der Waals surface area contributed by atoms with E-state index >= 15 is 0 Å². The normalized spacial score (nSPS) is 11.9. The molecule has 3 aromatic rings. The van der Waals surface area contributed by atoms with Crippen molar-refractivity contribution in [3.63, 3.8) is 0 Å². The predicted molar refractivity (Wildman–Crippen MR) is 118 cm³/mol. The van der Waals surface area contributed by atoms with Crippen LogP contribution in [0.2, 0.25) is 4.34 Å². The molecule has 170 valence electrons. The van der Waals surface area contributed by atoms with Gasteiger partial charge >= 0.3 is 12.2 Å². The molecule has 0 aliphatic rings. The summed E-state index contributed by atoms with van der Waals surface area (Å²) in [4.78, 5) is 16.1. The molecule has 2 aromatic carbocycles. The topological polar surface area (TPSA) is 100 Å². The number of nitrogens with zero attached hydrogens (tertiary/aromatic N) is 1. The molecule has 1 aromatic heterocycles. The highest BCUT2D eigenvalue weighted by molar-refractivity contribution is 7.89. The number of carbonyl (C=O) groups is 1. The van der Waals surface area contributed by atoms with Crippen LogP contribution in [0.4, 0.5) is 28.8 Å². The third-order valence-corrected chi connectivity index (χ3v) is 6.82. The summed E-state index contributed by atoms with van der Waals surface area (Å²) in [7, 11) is -4.48. The van der Waals surface area contributed by atoms with Gasteiger partial charge in [-0.25, -0.2) is 22.9 Å². The molecule has 0 aliphatic heterocycles. The maximum Gasteiger partial charge on any atom is 0.402 e. The highest BCUT2D eigenvalue weighted by atomic mass is 35.5. The van der Waals surface area contributed by atoms with E-state index in [0.29, 0.717) is 21.2 Å². The zero-order chi connectivity index (χ0) is 23.5. The molecule has 13 heteroatoms. The highest BCUT2D eigenvalue weighted by Gasteiger charge is 2.30. The molecule has 2 amide bonds. The Bertz CT molecular complexity index is 1210. The van der Waals surface area contributed by atoms with Crippen LogP contribution in [-0.4, -0.2) is 32.2 Å². The average Bonchev–Trinajstić information content (AvgIpc) is 3.03. The Kier molecular flexibility index (Phi) is 7.08. The van der Waals surface area contributed by atoms with E-state index in [2.05, 4.69) is 15.6 Å². The smallest absolute Gasteiger partial charge is 0.307 e. The van der Waals surface area contributed by atoms with Gasteiger partial charge in [0.15, 0.2) is 5.13 Å². The zero-order valence-electron chi connectivity index (χ0n) is 16.3. The molecule has 0 atom stereocenters. The minimum atomic E-state index is -4.72. The molecule has 3 rings (SSSR count). The number of nitrogens with one attached hydrogen (secondary N) is 3. The number of hydrogen-bond donors (Lipinski definition) is 3. The van der Waals surface area contributed by atoms with Crippen molar-refractivity contribution < 1.29 is 26.4 Å². The summed E-state index contributed by atoms with van der Waals surface area (Å²) in [6.45, 7) is -0.0547. The first-order valence-electron chi connectivity index (χ1n) is 8.91. The van der Waals surface area contributed by atoms with Crippen LogP contribution in [0.5, 0.6) is 0 Å². The number of anilines is 2. The van der Waals surface area contributed by atoms with Crippen molar-refractivity contribution in [1.29, 1.82) is 0 Å². The van der Waals surface area contributed by atoms with E-state index < -0.39 is 33.7 Å². The third kappa shape index (κ3) is 6.19. The third-order valence-electron chi connectivity index (χ3n) is 4.06. The first-order chi connectivity index (χ1) is 14.9. The van der Waals surface area contributed by atoms with Gasteiger partial charge in [0, 0.05) is 5.56 Å². The molecular formula is C19H16ClF3N4O3S2. The molecule has 0 unspecified atom stereocenters. The summed E-state index contributed by atoms with van der Waals surface area (Å²) in [5.74, 6) is 0. The van der Waals surface area contributed by atoms with Crippen molar-refractivity contribution in [3.05, 3.63) is 58.6 Å². The number of halogens is 4. The summed E-state index contributed by atoms with van der Waals surface area (Å²) in [5, 5.41) is 5.25. The minimum Gasteiger partial charge on any atom is -0.307 e. The van der Waals surface area contributed by atoms with E-state index in [1.807, 2.05) is 0 Å². The summed E-state index contributed by atoms with van der Waals surface area (Å²) in [5.41, 5.74) is 1.72. The SMILES string of the molecule is Cc1nc(NC(=O)Nc2cc(S(=O)(=O)NCC(F)(F)F)ccc2-c2ccccc2)sc1Cl. The Balaban J connectivity index is 1.93. The van der Waals surface area contributed by atoms with Gasteiger partial charge in [-0.1, -0.05) is 59.3 Å². The second-order valence-electron chi connectivity index (χ2n) is 6.47. The molecule has 1 heterocycles. The van der Waals surface area contributed by atoms with Crippen LogP contribution in [0.25, 0.3) is 11.1 Å². The van der Waals surface area contributed by atoms with Crippen molar-refractivity contribution in [3.8, 4) is 11.1 Å². The van der Waals surface area contributed by atoms with Crippen molar-refractivity contribution in [2.24, 2.45) is 0 Å². The molecule has 0 spiro atoms. The van der Waals surface area contributed by atoms with Crippen LogP contribution < -0.4 is 15.4 Å².